The third-order valence-electron chi connectivity index (χ3n) is 24.4. The molecule has 0 aliphatic heterocycles. The largest absolute Gasteiger partial charge is 0.265 e. The van der Waals surface area contributed by atoms with Crippen molar-refractivity contribution in [1.82, 2.24) is 9.97 Å². The third-order valence-corrected chi connectivity index (χ3v) is 24.4. The second-order valence-corrected chi connectivity index (χ2v) is 35.1. The molecule has 0 atom stereocenters. The van der Waals surface area contributed by atoms with E-state index in [-0.39, 0.29) is 33.7 Å². The lowest BCUT2D eigenvalue weighted by Crippen LogP contribution is -2.15. The van der Waals surface area contributed by atoms with E-state index in [4.69, 9.17) is 0 Å². The van der Waals surface area contributed by atoms with Gasteiger partial charge in [0.2, 0.25) is 0 Å². The molecule has 3 aliphatic rings. The summed E-state index contributed by atoms with van der Waals surface area (Å²) < 4.78 is 38.5. The highest BCUT2D eigenvalue weighted by atomic mass is 19.1. The summed E-state index contributed by atoms with van der Waals surface area (Å²) in [6.07, 6.45) is 7.26. The summed E-state index contributed by atoms with van der Waals surface area (Å²) in [5.74, 6) is -0.577. The number of hydrogen-bond acceptors (Lipinski definition) is 2. The van der Waals surface area contributed by atoms with Gasteiger partial charge in [-0.15, -0.1) is 0 Å². The molecule has 0 saturated carbocycles. The van der Waals surface area contributed by atoms with Crippen molar-refractivity contribution in [1.29, 1.82) is 0 Å². The number of halogens is 3. The molecule has 21 rings (SSSR count). The van der Waals surface area contributed by atoms with E-state index >= 15 is 0 Å². The molecule has 2 nitrogen and oxygen atoms in total. The summed E-state index contributed by atoms with van der Waals surface area (Å²) in [6.45, 7) is 30.8. The van der Waals surface area contributed by atoms with Crippen LogP contribution in [0.1, 0.15) is 119 Å². The second-order valence-electron chi connectivity index (χ2n) is 35.1. The van der Waals surface area contributed by atoms with Gasteiger partial charge in [0.15, 0.2) is 0 Å². The minimum Gasteiger partial charge on any atom is -0.265 e. The van der Waals surface area contributed by atoms with Crippen molar-refractivity contribution in [2.24, 2.45) is 0 Å². The van der Waals surface area contributed by atoms with Crippen molar-refractivity contribution in [3.05, 3.63) is 514 Å². The summed E-state index contributed by atoms with van der Waals surface area (Å²) in [4.78, 5) is 7.98. The first-order chi connectivity index (χ1) is 61.7. The normalized spacial score (nSPS) is 12.3. The lowest BCUT2D eigenvalue weighted by atomic mass is 9.81. The third kappa shape index (κ3) is 21.9. The van der Waals surface area contributed by atoms with Crippen molar-refractivity contribution in [2.45, 2.75) is 113 Å². The van der Waals surface area contributed by atoms with Gasteiger partial charge >= 0.3 is 0 Å². The number of aromatic nitrogens is 2. The maximum atomic E-state index is 12.9. The number of pyridine rings is 2. The number of rotatable bonds is 7. The summed E-state index contributed by atoms with van der Waals surface area (Å²) in [7, 11) is 0. The van der Waals surface area contributed by atoms with Gasteiger partial charge in [0.05, 0.1) is 0 Å². The van der Waals surface area contributed by atoms with Crippen LogP contribution in [0.4, 0.5) is 13.2 Å². The van der Waals surface area contributed by atoms with Crippen LogP contribution in [-0.2, 0) is 16.2 Å². The zero-order valence-electron chi connectivity index (χ0n) is 75.9. The maximum absolute atomic E-state index is 12.9. The molecular weight excluding hydrogens is 1560 g/mol. The molecule has 2 aromatic heterocycles. The van der Waals surface area contributed by atoms with Gasteiger partial charge in [-0.1, -0.05) is 408 Å². The van der Waals surface area contributed by atoms with E-state index in [9.17, 15) is 13.2 Å². The smallest absolute Gasteiger partial charge is 0.123 e. The van der Waals surface area contributed by atoms with Crippen molar-refractivity contribution in [2.75, 3.05) is 0 Å². The minimum absolute atomic E-state index is 0.0709. The van der Waals surface area contributed by atoms with Crippen LogP contribution in [0.15, 0.2) is 419 Å². The van der Waals surface area contributed by atoms with E-state index in [0.717, 1.165) is 33.4 Å². The predicted octanol–water partition coefficient (Wildman–Crippen LogP) is 33.8. The molecule has 0 N–H and O–H groups in total. The monoisotopic (exact) mass is 1670 g/mol. The highest BCUT2D eigenvalue weighted by Crippen LogP contribution is 2.52. The van der Waals surface area contributed by atoms with E-state index in [1.54, 1.807) is 36.4 Å². The molecule has 0 bridgehead atoms. The Hall–Kier alpha value is -14.4. The van der Waals surface area contributed by atoms with Gasteiger partial charge in [0.25, 0.3) is 0 Å². The first-order valence-electron chi connectivity index (χ1n) is 44.0. The minimum atomic E-state index is -0.194. The molecule has 16 aromatic carbocycles. The molecule has 0 fully saturated rings. The average Bonchev–Trinajstić information content (AvgIpc) is 1.59. The Kier molecular flexibility index (Phi) is 28.6. The van der Waals surface area contributed by atoms with E-state index in [1.165, 1.54) is 180 Å². The highest BCUT2D eigenvalue weighted by molar-refractivity contribution is 5.86. The number of hydrogen-bond donors (Lipinski definition) is 0. The molecule has 0 spiro atoms. The second kappa shape index (κ2) is 40.7. The summed E-state index contributed by atoms with van der Waals surface area (Å²) in [5, 5.41) is 0. The molecule has 0 amide bonds. The first kappa shape index (κ1) is 89.9. The SMILES string of the molecule is Cc1ccc(-c2ccc(F)cc2)cc1.Cc1ccc(-c2ccc3c(c2)C(C)(C)c2ccccc2-3)cc1.Cc1ccc(-c2cccc(F)c2)cc1.Cc1ccc(-c2cccc(F)c2)cc1.Cc1ccc(-c2ccncc2)cc1.Cc1ccc2c(c1)C(C)(C)c1cc(-c3ccccc3)ccc1-2.Cc1ccc2c(c1)C(C)(C)c1ccccc1-2.Cc1cccc(-c2ccncc2)c1. The van der Waals surface area contributed by atoms with E-state index in [0.29, 0.717) is 0 Å². The van der Waals surface area contributed by atoms with Crippen LogP contribution in [0.3, 0.4) is 0 Å². The Labute approximate surface area is 757 Å². The molecule has 0 saturated heterocycles. The van der Waals surface area contributed by atoms with Gasteiger partial charge in [-0.3, -0.25) is 9.97 Å². The van der Waals surface area contributed by atoms with Gasteiger partial charge in [0, 0.05) is 41.0 Å². The number of nitrogens with zero attached hydrogens (tertiary/aromatic N) is 2. The molecule has 5 heteroatoms. The van der Waals surface area contributed by atoms with Crippen molar-refractivity contribution in [3.8, 4) is 111 Å². The zero-order chi connectivity index (χ0) is 90.1. The van der Waals surface area contributed by atoms with E-state index < -0.39 is 0 Å². The standard InChI is InChI=1S/2C22H20.C16H16.3C13H11F.2C12H11N/c1-15-8-10-16(11-9-15)17-12-13-19-18-6-4-5-7-20(18)22(2,3)21(19)14-17;1-15-9-11-18-19-12-10-17(16-7-5-4-6-8-16)14-21(19)22(2,3)20(18)13-15;1-11-8-9-13-12-6-4-5-7-14(12)16(2,3)15(13)10-11;1-10-2-4-11(5-3-10)12-6-8-13(14)9-7-12;2*1-10-5-7-11(8-6-10)12-3-2-4-13(14)9-12;1-10-2-4-11(5-3-10)12-6-8-13-9-7-12;1-10-3-2-4-12(9-10)11-5-7-13-8-6-11/h2*4-14H,1-3H3;4-10H,1-3H3;3*2-9H,1H3;2*2-9H,1H3. The zero-order valence-corrected chi connectivity index (χ0v) is 75.9. The number of aryl methyl sites for hydroxylation is 8. The Balaban J connectivity index is 0.000000119. The topological polar surface area (TPSA) is 25.8 Å². The van der Waals surface area contributed by atoms with Gasteiger partial charge in [-0.25, -0.2) is 13.2 Å². The van der Waals surface area contributed by atoms with Crippen LogP contribution < -0.4 is 0 Å². The Morgan fingerprint density at radius 3 is 0.734 bits per heavy atom. The molecule has 18 aromatic rings. The van der Waals surface area contributed by atoms with Gasteiger partial charge < -0.3 is 0 Å². The molecule has 2 heterocycles. The molecule has 3 aliphatic carbocycles. The lowest BCUT2D eigenvalue weighted by Gasteiger charge is -2.22. The van der Waals surface area contributed by atoms with Gasteiger partial charge in [-0.2, -0.15) is 0 Å². The first-order valence-corrected chi connectivity index (χ1v) is 44.0. The van der Waals surface area contributed by atoms with Crippen LogP contribution in [-0.4, -0.2) is 9.97 Å². The predicted molar refractivity (Wildman–Crippen MR) is 536 cm³/mol. The average molecular weight is 1670 g/mol. The molecular formula is C123H111F3N2. The van der Waals surface area contributed by atoms with E-state index in [1.807, 2.05) is 136 Å². The number of fused-ring (bicyclic) bond motifs is 9. The summed E-state index contributed by atoms with van der Waals surface area (Å²) in [6, 6.07) is 134. The fourth-order valence-electron chi connectivity index (χ4n) is 17.0. The molecule has 0 unspecified atom stereocenters. The lowest BCUT2D eigenvalue weighted by molar-refractivity contribution is 0.627. The molecule has 634 valence electrons. The Bertz CT molecular complexity index is 6620. The highest BCUT2D eigenvalue weighted by Gasteiger charge is 2.38. The van der Waals surface area contributed by atoms with Gasteiger partial charge in [-0.05, 0) is 273 Å². The van der Waals surface area contributed by atoms with Crippen LogP contribution in [0.5, 0.6) is 0 Å². The van der Waals surface area contributed by atoms with Crippen molar-refractivity contribution < 1.29 is 13.2 Å². The fraction of sp³-hybridized carbons (Fsp3) is 0.138. The quantitative estimate of drug-likeness (QED) is 0.159. The van der Waals surface area contributed by atoms with Crippen LogP contribution in [0.25, 0.3) is 111 Å². The number of benzene rings is 16. The van der Waals surface area contributed by atoms with Crippen LogP contribution in [0, 0.1) is 72.8 Å². The summed E-state index contributed by atoms with van der Waals surface area (Å²) >= 11 is 0. The van der Waals surface area contributed by atoms with Crippen molar-refractivity contribution in [3.63, 3.8) is 0 Å². The molecule has 128 heavy (non-hydrogen) atoms. The Morgan fingerprint density at radius 1 is 0.156 bits per heavy atom. The van der Waals surface area contributed by atoms with Gasteiger partial charge in [0.1, 0.15) is 17.5 Å². The maximum Gasteiger partial charge on any atom is 0.123 e. The molecule has 0 radical (unpaired) electrons. The van der Waals surface area contributed by atoms with Crippen LogP contribution >= 0.6 is 0 Å². The van der Waals surface area contributed by atoms with Crippen molar-refractivity contribution >= 4 is 0 Å². The van der Waals surface area contributed by atoms with E-state index in [2.05, 4.69) is 330 Å². The Morgan fingerprint density at radius 2 is 0.383 bits per heavy atom. The fourth-order valence-corrected chi connectivity index (χ4v) is 17.0. The van der Waals surface area contributed by atoms with Crippen LogP contribution in [0.2, 0.25) is 0 Å². The summed E-state index contributed by atoms with van der Waals surface area (Å²) in [5.41, 5.74) is 43.8.